The summed E-state index contributed by atoms with van der Waals surface area (Å²) in [7, 11) is 1.60. The van der Waals surface area contributed by atoms with E-state index in [-0.39, 0.29) is 30.0 Å². The maximum Gasteiger partial charge on any atom is 0.272 e. The normalized spacial score (nSPS) is 10.5. The smallest absolute Gasteiger partial charge is 0.272 e. The van der Waals surface area contributed by atoms with E-state index in [1.54, 1.807) is 7.11 Å². The number of carbonyl (C=O) groups is 1. The fourth-order valence-corrected chi connectivity index (χ4v) is 2.73. The van der Waals surface area contributed by atoms with Crippen LogP contribution in [-0.4, -0.2) is 28.2 Å². The van der Waals surface area contributed by atoms with E-state index in [0.717, 1.165) is 16.9 Å². The molecule has 0 saturated carbocycles. The van der Waals surface area contributed by atoms with E-state index in [4.69, 9.17) is 4.74 Å². The van der Waals surface area contributed by atoms with Crippen LogP contribution in [0.2, 0.25) is 0 Å². The second-order valence-corrected chi connectivity index (χ2v) is 6.34. The summed E-state index contributed by atoms with van der Waals surface area (Å²) in [6.07, 6.45) is 0.861. The van der Waals surface area contributed by atoms with Gasteiger partial charge in [0.2, 0.25) is 5.91 Å². The molecule has 1 aromatic heterocycles. The van der Waals surface area contributed by atoms with Crippen LogP contribution in [0.5, 0.6) is 5.75 Å². The number of H-pyrrole nitrogens is 1. The molecule has 0 bridgehead atoms. The number of aryl methyl sites for hydroxylation is 1. The highest BCUT2D eigenvalue weighted by molar-refractivity contribution is 5.76. The monoisotopic (exact) mass is 378 g/mol. The molecule has 0 atom stereocenters. The van der Waals surface area contributed by atoms with Crippen molar-refractivity contribution in [1.82, 2.24) is 20.5 Å². The molecule has 1 amide bonds. The van der Waals surface area contributed by atoms with Crippen molar-refractivity contribution in [3.05, 3.63) is 87.6 Å². The van der Waals surface area contributed by atoms with Crippen LogP contribution in [0.15, 0.2) is 59.4 Å². The van der Waals surface area contributed by atoms with Crippen molar-refractivity contribution < 1.29 is 9.53 Å². The summed E-state index contributed by atoms with van der Waals surface area (Å²) < 4.78 is 5.19. The maximum absolute atomic E-state index is 12.2. The van der Waals surface area contributed by atoms with E-state index in [1.165, 1.54) is 0 Å². The van der Waals surface area contributed by atoms with E-state index in [0.29, 0.717) is 18.8 Å². The summed E-state index contributed by atoms with van der Waals surface area (Å²) >= 11 is 0. The Balaban J connectivity index is 1.53. The molecule has 3 aromatic rings. The fraction of sp³-hybridized carbons (Fsp3) is 0.238. The van der Waals surface area contributed by atoms with Crippen molar-refractivity contribution in [1.29, 1.82) is 0 Å². The summed E-state index contributed by atoms with van der Waals surface area (Å²) in [5.41, 5.74) is 1.92. The Morgan fingerprint density at radius 3 is 2.61 bits per heavy atom. The molecular weight excluding hydrogens is 356 g/mol. The lowest BCUT2D eigenvalue weighted by molar-refractivity contribution is -0.121. The number of aromatic nitrogens is 3. The van der Waals surface area contributed by atoms with Crippen LogP contribution in [0, 0.1) is 0 Å². The number of rotatable bonds is 8. The minimum Gasteiger partial charge on any atom is -0.497 e. The number of amides is 1. The van der Waals surface area contributed by atoms with Gasteiger partial charge in [-0.15, -0.1) is 10.2 Å². The van der Waals surface area contributed by atoms with Gasteiger partial charge in [-0.3, -0.25) is 9.59 Å². The van der Waals surface area contributed by atoms with E-state index < -0.39 is 0 Å². The van der Waals surface area contributed by atoms with Gasteiger partial charge in [0.05, 0.1) is 7.11 Å². The first-order valence-electron chi connectivity index (χ1n) is 9.02. The number of nitrogens with one attached hydrogen (secondary N) is 2. The Labute approximate surface area is 162 Å². The molecule has 2 N–H and O–H groups in total. The maximum atomic E-state index is 12.2. The summed E-state index contributed by atoms with van der Waals surface area (Å²) in [6.45, 7) is 0.460. The van der Waals surface area contributed by atoms with Crippen LogP contribution < -0.4 is 15.6 Å². The number of benzene rings is 2. The highest BCUT2D eigenvalue weighted by Gasteiger charge is 2.09. The van der Waals surface area contributed by atoms with Gasteiger partial charge in [-0.05, 0) is 23.3 Å². The topological polar surface area (TPSA) is 97.0 Å². The number of aromatic amines is 1. The first kappa shape index (κ1) is 19.3. The van der Waals surface area contributed by atoms with E-state index in [2.05, 4.69) is 20.5 Å². The zero-order valence-corrected chi connectivity index (χ0v) is 15.6. The molecule has 0 saturated heterocycles. The average Bonchev–Trinajstić information content (AvgIpc) is 2.72. The Kier molecular flexibility index (Phi) is 6.51. The Hall–Kier alpha value is -3.48. The number of carbonyl (C=O) groups excluding carboxylic acids is 1. The van der Waals surface area contributed by atoms with E-state index in [9.17, 15) is 9.59 Å². The molecule has 0 spiro atoms. The Morgan fingerprint density at radius 1 is 1.07 bits per heavy atom. The number of hydrogen-bond acceptors (Lipinski definition) is 5. The molecule has 7 heteroatoms. The summed E-state index contributed by atoms with van der Waals surface area (Å²) in [6, 6.07) is 17.2. The second-order valence-electron chi connectivity index (χ2n) is 6.34. The molecule has 3 rings (SSSR count). The molecule has 7 nitrogen and oxygen atoms in total. The zero-order chi connectivity index (χ0) is 19.8. The van der Waals surface area contributed by atoms with E-state index in [1.807, 2.05) is 54.6 Å². The van der Waals surface area contributed by atoms with Gasteiger partial charge in [0.25, 0.3) is 5.56 Å². The second kappa shape index (κ2) is 9.45. The molecule has 0 aliphatic heterocycles. The number of nitrogens with zero attached hydrogens (tertiary/aromatic N) is 2. The average molecular weight is 378 g/mol. The van der Waals surface area contributed by atoms with Crippen molar-refractivity contribution in [2.75, 3.05) is 7.11 Å². The van der Waals surface area contributed by atoms with Gasteiger partial charge in [0, 0.05) is 25.8 Å². The lowest BCUT2D eigenvalue weighted by Gasteiger charge is -2.06. The number of ether oxygens (including phenoxy) is 1. The molecule has 1 heterocycles. The van der Waals surface area contributed by atoms with Crippen LogP contribution in [0.1, 0.15) is 29.1 Å². The first-order chi connectivity index (χ1) is 13.6. The van der Waals surface area contributed by atoms with Crippen LogP contribution in [0.4, 0.5) is 0 Å². The van der Waals surface area contributed by atoms with E-state index >= 15 is 0 Å². The largest absolute Gasteiger partial charge is 0.497 e. The van der Waals surface area contributed by atoms with Crippen molar-refractivity contribution in [3.8, 4) is 5.75 Å². The lowest BCUT2D eigenvalue weighted by Crippen LogP contribution is -2.25. The van der Waals surface area contributed by atoms with Crippen LogP contribution in [0.25, 0.3) is 0 Å². The van der Waals surface area contributed by atoms with Gasteiger partial charge in [-0.25, -0.2) is 0 Å². The Bertz CT molecular complexity index is 986. The predicted molar refractivity (Wildman–Crippen MR) is 105 cm³/mol. The SMILES string of the molecule is COc1cccc(Cc2nnc(CCC(=O)NCc3ccccc3)c(=O)[nH]2)c1. The molecule has 144 valence electrons. The third-order valence-electron chi connectivity index (χ3n) is 4.24. The quantitative estimate of drug-likeness (QED) is 0.625. The Morgan fingerprint density at radius 2 is 1.86 bits per heavy atom. The summed E-state index contributed by atoms with van der Waals surface area (Å²) in [4.78, 5) is 27.0. The predicted octanol–water partition coefficient (Wildman–Crippen LogP) is 2.01. The minimum atomic E-state index is -0.316. The molecule has 0 radical (unpaired) electrons. The van der Waals surface area contributed by atoms with Crippen molar-refractivity contribution in [2.45, 2.75) is 25.8 Å². The summed E-state index contributed by atoms with van der Waals surface area (Å²) in [5, 5.41) is 10.9. The van der Waals surface area contributed by atoms with Crippen molar-refractivity contribution in [3.63, 3.8) is 0 Å². The highest BCUT2D eigenvalue weighted by Crippen LogP contribution is 2.14. The standard InChI is InChI=1S/C21H22N4O3/c1-28-17-9-5-8-16(12-17)13-19-23-21(27)18(24-25-19)10-11-20(26)22-14-15-6-3-2-4-7-15/h2-9,12H,10-11,13-14H2,1H3,(H,22,26)(H,23,25,27). The highest BCUT2D eigenvalue weighted by atomic mass is 16.5. The third-order valence-corrected chi connectivity index (χ3v) is 4.24. The molecule has 0 aliphatic carbocycles. The molecule has 28 heavy (non-hydrogen) atoms. The van der Waals surface area contributed by atoms with Gasteiger partial charge in [0.1, 0.15) is 17.3 Å². The van der Waals surface area contributed by atoms with Gasteiger partial charge in [-0.1, -0.05) is 42.5 Å². The molecular formula is C21H22N4O3. The third kappa shape index (κ3) is 5.51. The number of hydrogen-bond donors (Lipinski definition) is 2. The minimum absolute atomic E-state index is 0.134. The van der Waals surface area contributed by atoms with Crippen molar-refractivity contribution in [2.24, 2.45) is 0 Å². The fourth-order valence-electron chi connectivity index (χ4n) is 2.73. The lowest BCUT2D eigenvalue weighted by atomic mass is 10.1. The van der Waals surface area contributed by atoms with Crippen LogP contribution in [0.3, 0.4) is 0 Å². The zero-order valence-electron chi connectivity index (χ0n) is 15.6. The van der Waals surface area contributed by atoms with Gasteiger partial charge < -0.3 is 15.0 Å². The summed E-state index contributed by atoms with van der Waals surface area (Å²) in [5.74, 6) is 1.08. The van der Waals surface area contributed by atoms with Crippen LogP contribution in [-0.2, 0) is 24.2 Å². The van der Waals surface area contributed by atoms with Gasteiger partial charge in [0.15, 0.2) is 0 Å². The molecule has 0 aliphatic rings. The van der Waals surface area contributed by atoms with Crippen LogP contribution >= 0.6 is 0 Å². The molecule has 2 aromatic carbocycles. The first-order valence-corrected chi connectivity index (χ1v) is 9.02. The molecule has 0 fully saturated rings. The van der Waals surface area contributed by atoms with Gasteiger partial charge >= 0.3 is 0 Å². The number of methoxy groups -OCH3 is 1. The molecule has 0 unspecified atom stereocenters. The van der Waals surface area contributed by atoms with Crippen molar-refractivity contribution >= 4 is 5.91 Å². The van der Waals surface area contributed by atoms with Gasteiger partial charge in [-0.2, -0.15) is 0 Å².